The van der Waals surface area contributed by atoms with Gasteiger partial charge in [0.25, 0.3) is 0 Å². The number of ether oxygens (including phenoxy) is 1. The lowest BCUT2D eigenvalue weighted by molar-refractivity contribution is 0.0257. The van der Waals surface area contributed by atoms with Gasteiger partial charge in [-0.05, 0) is 44.5 Å². The molecular weight excluding hydrogens is 252 g/mol. The van der Waals surface area contributed by atoms with Gasteiger partial charge in [0.15, 0.2) is 17.4 Å². The highest BCUT2D eigenvalue weighted by molar-refractivity contribution is 5.31. The van der Waals surface area contributed by atoms with Crippen LogP contribution in [0.5, 0.6) is 5.75 Å². The average Bonchev–Trinajstić information content (AvgIpc) is 2.26. The first-order chi connectivity index (χ1) is 8.83. The van der Waals surface area contributed by atoms with E-state index in [1.165, 1.54) is 26.0 Å². The van der Waals surface area contributed by atoms with Crippen LogP contribution in [0.3, 0.4) is 0 Å². The second-order valence-electron chi connectivity index (χ2n) is 5.17. The predicted molar refractivity (Wildman–Crippen MR) is 70.1 cm³/mol. The van der Waals surface area contributed by atoms with Crippen LogP contribution in [0.4, 0.5) is 8.78 Å². The van der Waals surface area contributed by atoms with Gasteiger partial charge in [0, 0.05) is 6.54 Å². The maximum atomic E-state index is 13.7. The Bertz CT molecular complexity index is 393. The largest absolute Gasteiger partial charge is 0.485 e. The minimum absolute atomic E-state index is 0.172. The van der Waals surface area contributed by atoms with E-state index in [1.807, 2.05) is 6.92 Å². The first kappa shape index (κ1) is 15.9. The highest BCUT2D eigenvalue weighted by Crippen LogP contribution is 2.24. The van der Waals surface area contributed by atoms with Crippen molar-refractivity contribution in [2.75, 3.05) is 13.2 Å². The molecule has 0 aliphatic heterocycles. The third-order valence-electron chi connectivity index (χ3n) is 2.38. The molecule has 1 aromatic rings. The van der Waals surface area contributed by atoms with Gasteiger partial charge in [-0.3, -0.25) is 0 Å². The number of hydrogen-bond donors (Lipinski definition) is 2. The van der Waals surface area contributed by atoms with E-state index in [9.17, 15) is 13.9 Å². The van der Waals surface area contributed by atoms with Gasteiger partial charge >= 0.3 is 0 Å². The first-order valence-corrected chi connectivity index (χ1v) is 6.37. The fourth-order valence-electron chi connectivity index (χ4n) is 1.51. The van der Waals surface area contributed by atoms with E-state index in [0.29, 0.717) is 12.1 Å². The normalized spacial score (nSPS) is 11.7. The van der Waals surface area contributed by atoms with Crippen LogP contribution in [0.1, 0.15) is 32.8 Å². The van der Waals surface area contributed by atoms with E-state index in [0.717, 1.165) is 13.0 Å². The molecule has 0 unspecified atom stereocenters. The van der Waals surface area contributed by atoms with E-state index >= 15 is 0 Å². The number of hydrogen-bond acceptors (Lipinski definition) is 3. The van der Waals surface area contributed by atoms with Crippen molar-refractivity contribution < 1.29 is 18.6 Å². The lowest BCUT2D eigenvalue weighted by Crippen LogP contribution is -2.28. The van der Waals surface area contributed by atoms with E-state index < -0.39 is 23.0 Å². The van der Waals surface area contributed by atoms with E-state index in [2.05, 4.69) is 5.32 Å². The molecular formula is C14H21F2NO2. The zero-order valence-electron chi connectivity index (χ0n) is 11.6. The van der Waals surface area contributed by atoms with E-state index in [1.54, 1.807) is 0 Å². The highest BCUT2D eigenvalue weighted by Gasteiger charge is 2.18. The third kappa shape index (κ3) is 5.53. The molecule has 3 nitrogen and oxygen atoms in total. The maximum absolute atomic E-state index is 13.7. The Balaban J connectivity index is 2.74. The van der Waals surface area contributed by atoms with Gasteiger partial charge in [0.1, 0.15) is 6.61 Å². The van der Waals surface area contributed by atoms with Crippen LogP contribution in [-0.4, -0.2) is 23.9 Å². The Kier molecular flexibility index (Phi) is 5.69. The highest BCUT2D eigenvalue weighted by atomic mass is 19.1. The molecule has 0 bridgehead atoms. The number of nitrogens with one attached hydrogen (secondary N) is 1. The molecule has 0 aliphatic carbocycles. The van der Waals surface area contributed by atoms with Crippen LogP contribution >= 0.6 is 0 Å². The fourth-order valence-corrected chi connectivity index (χ4v) is 1.51. The standard InChI is InChI=1S/C14H21F2NO2/c1-4-5-17-8-10-6-11(15)13(12(16)7-10)19-9-14(2,3)18/h6-7,17-18H,4-5,8-9H2,1-3H3. The monoisotopic (exact) mass is 273 g/mol. The van der Waals surface area contributed by atoms with Crippen molar-refractivity contribution in [3.8, 4) is 5.75 Å². The average molecular weight is 273 g/mol. The van der Waals surface area contributed by atoms with Crippen LogP contribution in [-0.2, 0) is 6.54 Å². The summed E-state index contributed by atoms with van der Waals surface area (Å²) in [5.74, 6) is -1.95. The summed E-state index contributed by atoms with van der Waals surface area (Å²) in [4.78, 5) is 0. The molecule has 2 N–H and O–H groups in total. The SMILES string of the molecule is CCCNCc1cc(F)c(OCC(C)(C)O)c(F)c1. The molecule has 0 atom stereocenters. The molecule has 1 aromatic carbocycles. The third-order valence-corrected chi connectivity index (χ3v) is 2.38. The number of aliphatic hydroxyl groups is 1. The van der Waals surface area contributed by atoms with Gasteiger partial charge < -0.3 is 15.2 Å². The number of rotatable bonds is 7. The number of halogens is 2. The summed E-state index contributed by atoms with van der Waals surface area (Å²) in [6.07, 6.45) is 0.956. The van der Waals surface area contributed by atoms with Gasteiger partial charge in [-0.2, -0.15) is 0 Å². The van der Waals surface area contributed by atoms with E-state index in [-0.39, 0.29) is 6.61 Å². The minimum Gasteiger partial charge on any atom is -0.485 e. The maximum Gasteiger partial charge on any atom is 0.190 e. The molecule has 0 amide bonds. The van der Waals surface area contributed by atoms with Crippen molar-refractivity contribution >= 4 is 0 Å². The Hall–Kier alpha value is -1.20. The summed E-state index contributed by atoms with van der Waals surface area (Å²) in [5.41, 5.74) is -0.612. The van der Waals surface area contributed by atoms with Crippen molar-refractivity contribution in [2.45, 2.75) is 39.3 Å². The molecule has 0 heterocycles. The molecule has 19 heavy (non-hydrogen) atoms. The molecule has 0 radical (unpaired) electrons. The van der Waals surface area contributed by atoms with Gasteiger partial charge in [0.05, 0.1) is 5.60 Å². The summed E-state index contributed by atoms with van der Waals surface area (Å²) in [6.45, 7) is 6.06. The quantitative estimate of drug-likeness (QED) is 0.750. The molecule has 0 fully saturated rings. The summed E-state index contributed by atoms with van der Waals surface area (Å²) in [5, 5.41) is 12.5. The summed E-state index contributed by atoms with van der Waals surface area (Å²) >= 11 is 0. The zero-order chi connectivity index (χ0) is 14.5. The summed E-state index contributed by atoms with van der Waals surface area (Å²) in [7, 11) is 0. The van der Waals surface area contributed by atoms with Gasteiger partial charge in [-0.25, -0.2) is 8.78 Å². The Morgan fingerprint density at radius 2 is 1.84 bits per heavy atom. The summed E-state index contributed by atoms with van der Waals surface area (Å²) in [6, 6.07) is 2.48. The second-order valence-corrected chi connectivity index (χ2v) is 5.17. The van der Waals surface area contributed by atoms with Crippen molar-refractivity contribution in [1.82, 2.24) is 5.32 Å². The Labute approximate surface area is 112 Å². The zero-order valence-corrected chi connectivity index (χ0v) is 11.6. The topological polar surface area (TPSA) is 41.5 Å². The molecule has 0 saturated heterocycles. The molecule has 5 heteroatoms. The Morgan fingerprint density at radius 1 is 1.26 bits per heavy atom. The van der Waals surface area contributed by atoms with Crippen LogP contribution < -0.4 is 10.1 Å². The minimum atomic E-state index is -1.14. The van der Waals surface area contributed by atoms with Gasteiger partial charge in [0.2, 0.25) is 0 Å². The molecule has 0 spiro atoms. The molecule has 0 aliphatic rings. The molecule has 0 saturated carbocycles. The lowest BCUT2D eigenvalue weighted by atomic mass is 10.1. The molecule has 1 rings (SSSR count). The van der Waals surface area contributed by atoms with Gasteiger partial charge in [-0.1, -0.05) is 6.92 Å². The van der Waals surface area contributed by atoms with Crippen LogP contribution in [0.2, 0.25) is 0 Å². The van der Waals surface area contributed by atoms with Crippen LogP contribution in [0.15, 0.2) is 12.1 Å². The Morgan fingerprint density at radius 3 is 2.32 bits per heavy atom. The smallest absolute Gasteiger partial charge is 0.190 e. The van der Waals surface area contributed by atoms with Crippen LogP contribution in [0, 0.1) is 11.6 Å². The van der Waals surface area contributed by atoms with Crippen molar-refractivity contribution in [2.24, 2.45) is 0 Å². The second kappa shape index (κ2) is 6.82. The fraction of sp³-hybridized carbons (Fsp3) is 0.571. The lowest BCUT2D eigenvalue weighted by Gasteiger charge is -2.18. The van der Waals surface area contributed by atoms with Crippen molar-refractivity contribution in [3.05, 3.63) is 29.3 Å². The van der Waals surface area contributed by atoms with Crippen molar-refractivity contribution in [1.29, 1.82) is 0 Å². The predicted octanol–water partition coefficient (Wildman–Crippen LogP) is 2.61. The summed E-state index contributed by atoms with van der Waals surface area (Å²) < 4.78 is 32.4. The number of benzene rings is 1. The van der Waals surface area contributed by atoms with Gasteiger partial charge in [-0.15, -0.1) is 0 Å². The van der Waals surface area contributed by atoms with Crippen molar-refractivity contribution in [3.63, 3.8) is 0 Å². The van der Waals surface area contributed by atoms with Crippen LogP contribution in [0.25, 0.3) is 0 Å². The van der Waals surface area contributed by atoms with E-state index in [4.69, 9.17) is 4.74 Å². The molecule has 0 aromatic heterocycles. The molecule has 108 valence electrons. The first-order valence-electron chi connectivity index (χ1n) is 6.37.